The van der Waals surface area contributed by atoms with Gasteiger partial charge >= 0.3 is 6.09 Å². The summed E-state index contributed by atoms with van der Waals surface area (Å²) in [6, 6.07) is 0. The summed E-state index contributed by atoms with van der Waals surface area (Å²) in [7, 11) is -2.30. The Balaban J connectivity index is 2.65. The Morgan fingerprint density at radius 3 is 2.24 bits per heavy atom. The van der Waals surface area contributed by atoms with Crippen molar-refractivity contribution in [3.05, 3.63) is 0 Å². The highest BCUT2D eigenvalue weighted by atomic mass is 32.2. The van der Waals surface area contributed by atoms with Crippen LogP contribution in [-0.4, -0.2) is 38.6 Å². The molecule has 0 spiro atoms. The van der Waals surface area contributed by atoms with Crippen molar-refractivity contribution in [2.75, 3.05) is 13.7 Å². The maximum atomic E-state index is 11.9. The molecule has 1 fully saturated rings. The number of ether oxygens (including phenoxy) is 2. The first-order valence-corrected chi connectivity index (χ1v) is 6.84. The van der Waals surface area contributed by atoms with Crippen LogP contribution in [0.3, 0.4) is 0 Å². The molecule has 0 aliphatic heterocycles. The Morgan fingerprint density at radius 2 is 1.88 bits per heavy atom. The third-order valence-corrected chi connectivity index (χ3v) is 4.50. The van der Waals surface area contributed by atoms with Crippen molar-refractivity contribution in [3.8, 4) is 0 Å². The van der Waals surface area contributed by atoms with Crippen LogP contribution in [0.25, 0.3) is 0 Å². The largest absolute Gasteiger partial charge is 0.443 e. The molecule has 17 heavy (non-hydrogen) atoms. The fourth-order valence-electron chi connectivity index (χ4n) is 1.41. The number of hydrogen-bond donors (Lipinski definition) is 1. The molecular formula is C10H19NO5S. The van der Waals surface area contributed by atoms with Gasteiger partial charge in [-0.3, -0.25) is 0 Å². The van der Waals surface area contributed by atoms with Crippen LogP contribution in [-0.2, 0) is 19.5 Å². The highest BCUT2D eigenvalue weighted by molar-refractivity contribution is 7.91. The first kappa shape index (κ1) is 14.2. The van der Waals surface area contributed by atoms with Crippen LogP contribution in [0.15, 0.2) is 0 Å². The van der Waals surface area contributed by atoms with Gasteiger partial charge in [0.2, 0.25) is 10.0 Å². The summed E-state index contributed by atoms with van der Waals surface area (Å²) in [5, 5.41) is 0. The monoisotopic (exact) mass is 265 g/mol. The van der Waals surface area contributed by atoms with Crippen LogP contribution >= 0.6 is 0 Å². The van der Waals surface area contributed by atoms with Crippen LogP contribution in [0.4, 0.5) is 4.79 Å². The third kappa shape index (κ3) is 3.57. The molecule has 0 saturated heterocycles. The number of amides is 1. The predicted molar refractivity (Wildman–Crippen MR) is 62.1 cm³/mol. The molecule has 0 unspecified atom stereocenters. The molecule has 0 aromatic rings. The van der Waals surface area contributed by atoms with Crippen LogP contribution in [0, 0.1) is 0 Å². The Labute approximate surface area is 102 Å². The van der Waals surface area contributed by atoms with E-state index < -0.39 is 26.5 Å². The maximum Gasteiger partial charge on any atom is 0.421 e. The van der Waals surface area contributed by atoms with E-state index in [0.29, 0.717) is 12.8 Å². The summed E-state index contributed by atoms with van der Waals surface area (Å²) in [6.45, 7) is 5.09. The Kier molecular flexibility index (Phi) is 3.73. The fraction of sp³-hybridized carbons (Fsp3) is 0.900. The molecule has 1 amide bonds. The Hall–Kier alpha value is -0.820. The van der Waals surface area contributed by atoms with Crippen molar-refractivity contribution in [1.82, 2.24) is 4.72 Å². The van der Waals surface area contributed by atoms with Crippen molar-refractivity contribution >= 4 is 16.1 Å². The van der Waals surface area contributed by atoms with Crippen molar-refractivity contribution in [2.24, 2.45) is 0 Å². The summed E-state index contributed by atoms with van der Waals surface area (Å²) in [5.41, 5.74) is -0.725. The van der Waals surface area contributed by atoms with Gasteiger partial charge in [0.1, 0.15) is 10.3 Å². The Morgan fingerprint density at radius 1 is 1.35 bits per heavy atom. The second kappa shape index (κ2) is 4.45. The normalized spacial score (nSPS) is 18.6. The molecule has 1 saturated carbocycles. The molecular weight excluding hydrogens is 246 g/mol. The zero-order valence-corrected chi connectivity index (χ0v) is 11.4. The van der Waals surface area contributed by atoms with E-state index in [4.69, 9.17) is 9.47 Å². The summed E-state index contributed by atoms with van der Waals surface area (Å²) < 4.78 is 34.6. The van der Waals surface area contributed by atoms with Crippen molar-refractivity contribution < 1.29 is 22.7 Å². The molecule has 0 radical (unpaired) electrons. The van der Waals surface area contributed by atoms with E-state index in [-0.39, 0.29) is 6.61 Å². The van der Waals surface area contributed by atoms with E-state index >= 15 is 0 Å². The lowest BCUT2D eigenvalue weighted by atomic mass is 10.2. The van der Waals surface area contributed by atoms with Gasteiger partial charge in [-0.1, -0.05) is 0 Å². The molecule has 0 heterocycles. The minimum Gasteiger partial charge on any atom is -0.443 e. The van der Waals surface area contributed by atoms with Gasteiger partial charge < -0.3 is 9.47 Å². The summed E-state index contributed by atoms with van der Waals surface area (Å²) in [6.07, 6.45) is 0.0534. The van der Waals surface area contributed by atoms with E-state index in [1.54, 1.807) is 20.8 Å². The highest BCUT2D eigenvalue weighted by Gasteiger charge is 2.55. The summed E-state index contributed by atoms with van der Waals surface area (Å²) >= 11 is 0. The SMILES string of the molecule is COCC1(S(=O)(=O)NC(=O)OC(C)(C)C)CC1. The van der Waals surface area contributed by atoms with Gasteiger partial charge in [0.05, 0.1) is 6.61 Å². The summed E-state index contributed by atoms with van der Waals surface area (Å²) in [4.78, 5) is 11.4. The molecule has 1 aliphatic rings. The number of carbonyl (C=O) groups is 1. The van der Waals surface area contributed by atoms with Gasteiger partial charge in [0.25, 0.3) is 0 Å². The van der Waals surface area contributed by atoms with Gasteiger partial charge in [-0.25, -0.2) is 17.9 Å². The number of nitrogens with one attached hydrogen (secondary N) is 1. The molecule has 7 heteroatoms. The number of rotatable bonds is 4. The third-order valence-electron chi connectivity index (χ3n) is 2.40. The molecule has 1 N–H and O–H groups in total. The van der Waals surface area contributed by atoms with Gasteiger partial charge in [-0.05, 0) is 33.6 Å². The second-order valence-corrected chi connectivity index (χ2v) is 7.30. The minimum atomic E-state index is -3.73. The maximum absolute atomic E-state index is 11.9. The van der Waals surface area contributed by atoms with Crippen molar-refractivity contribution in [3.63, 3.8) is 0 Å². The van der Waals surface area contributed by atoms with E-state index in [2.05, 4.69) is 0 Å². The first-order valence-electron chi connectivity index (χ1n) is 5.36. The second-order valence-electron chi connectivity index (χ2n) is 5.22. The summed E-state index contributed by atoms with van der Waals surface area (Å²) in [5.74, 6) is 0. The van der Waals surface area contributed by atoms with E-state index in [9.17, 15) is 13.2 Å². The van der Waals surface area contributed by atoms with Crippen LogP contribution in [0.2, 0.25) is 0 Å². The van der Waals surface area contributed by atoms with Gasteiger partial charge in [-0.15, -0.1) is 0 Å². The van der Waals surface area contributed by atoms with Gasteiger partial charge in [-0.2, -0.15) is 0 Å². The van der Waals surface area contributed by atoms with Gasteiger partial charge in [0, 0.05) is 7.11 Å². The van der Waals surface area contributed by atoms with Crippen molar-refractivity contribution in [2.45, 2.75) is 44.0 Å². The molecule has 0 bridgehead atoms. The van der Waals surface area contributed by atoms with Crippen LogP contribution < -0.4 is 4.72 Å². The van der Waals surface area contributed by atoms with E-state index in [0.717, 1.165) is 0 Å². The van der Waals surface area contributed by atoms with Gasteiger partial charge in [0.15, 0.2) is 0 Å². The molecule has 100 valence electrons. The molecule has 1 aliphatic carbocycles. The fourth-order valence-corrected chi connectivity index (χ4v) is 2.80. The standard InChI is InChI=1S/C10H19NO5S/c1-9(2,3)16-8(12)11-17(13,14)10(5-6-10)7-15-4/h5-7H2,1-4H3,(H,11,12). The average Bonchev–Trinajstić information content (AvgIpc) is 2.80. The predicted octanol–water partition coefficient (Wildman–Crippen LogP) is 1.02. The molecule has 0 atom stereocenters. The number of sulfonamides is 1. The van der Waals surface area contributed by atoms with Crippen molar-refractivity contribution in [1.29, 1.82) is 0 Å². The van der Waals surface area contributed by atoms with Crippen LogP contribution in [0.1, 0.15) is 33.6 Å². The number of hydrogen-bond acceptors (Lipinski definition) is 5. The zero-order chi connectivity index (χ0) is 13.3. The smallest absolute Gasteiger partial charge is 0.421 e. The number of carbonyl (C=O) groups excluding carboxylic acids is 1. The van der Waals surface area contributed by atoms with E-state index in [1.807, 2.05) is 4.72 Å². The molecule has 0 aromatic carbocycles. The minimum absolute atomic E-state index is 0.0884. The molecule has 1 rings (SSSR count). The lowest BCUT2D eigenvalue weighted by Crippen LogP contribution is -2.44. The molecule has 0 aromatic heterocycles. The zero-order valence-electron chi connectivity index (χ0n) is 10.6. The Bertz CT molecular complexity index is 391. The molecule has 6 nitrogen and oxygen atoms in total. The topological polar surface area (TPSA) is 81.7 Å². The lowest BCUT2D eigenvalue weighted by Gasteiger charge is -2.21. The lowest BCUT2D eigenvalue weighted by molar-refractivity contribution is 0.0568. The average molecular weight is 265 g/mol. The number of methoxy groups -OCH3 is 1. The quantitative estimate of drug-likeness (QED) is 0.820. The highest BCUT2D eigenvalue weighted by Crippen LogP contribution is 2.43. The van der Waals surface area contributed by atoms with E-state index in [1.165, 1.54) is 7.11 Å². The van der Waals surface area contributed by atoms with Crippen LogP contribution in [0.5, 0.6) is 0 Å². The first-order chi connectivity index (χ1) is 7.62.